The highest BCUT2D eigenvalue weighted by molar-refractivity contribution is 6.03. The lowest BCUT2D eigenvalue weighted by Crippen LogP contribution is -2.28. The van der Waals surface area contributed by atoms with Crippen LogP contribution >= 0.6 is 0 Å². The maximum absolute atomic E-state index is 13.8. The molecule has 1 saturated carbocycles. The molecule has 148 valence electrons. The van der Waals surface area contributed by atoms with Gasteiger partial charge in [0.2, 0.25) is 0 Å². The van der Waals surface area contributed by atoms with Crippen molar-refractivity contribution < 1.29 is 4.39 Å². The molecule has 1 N–H and O–H groups in total. The number of aryl methyl sites for hydroxylation is 2. The number of nitrogens with zero attached hydrogens (tertiary/aromatic N) is 3. The van der Waals surface area contributed by atoms with Crippen molar-refractivity contribution in [3.63, 3.8) is 0 Å². The van der Waals surface area contributed by atoms with Crippen LogP contribution < -0.4 is 5.32 Å². The second kappa shape index (κ2) is 7.43. The Hall–Kier alpha value is -2.01. The van der Waals surface area contributed by atoms with E-state index in [9.17, 15) is 4.39 Å². The van der Waals surface area contributed by atoms with E-state index in [0.717, 1.165) is 47.7 Å². The molecule has 5 rings (SSSR count). The molecule has 2 fully saturated rings. The third-order valence-electron chi connectivity index (χ3n) is 6.78. The first kappa shape index (κ1) is 18.0. The summed E-state index contributed by atoms with van der Waals surface area (Å²) in [6.07, 6.45) is 8.77. The van der Waals surface area contributed by atoms with E-state index in [0.29, 0.717) is 5.92 Å². The highest BCUT2D eigenvalue weighted by Crippen LogP contribution is 2.38. The number of nitrogens with one attached hydrogen (secondary N) is 1. The fourth-order valence-corrected chi connectivity index (χ4v) is 5.23. The zero-order chi connectivity index (χ0) is 19.1. The topological polar surface area (TPSA) is 42.7 Å². The quantitative estimate of drug-likeness (QED) is 0.686. The Bertz CT molecular complexity index is 997. The van der Waals surface area contributed by atoms with Crippen LogP contribution in [0.15, 0.2) is 18.2 Å². The number of fused-ring (bicyclic) bond motifs is 3. The Morgan fingerprint density at radius 3 is 2.68 bits per heavy atom. The van der Waals surface area contributed by atoms with E-state index in [1.165, 1.54) is 56.3 Å². The first-order chi connectivity index (χ1) is 13.7. The zero-order valence-corrected chi connectivity index (χ0v) is 16.7. The molecule has 0 amide bonds. The molecule has 3 aromatic rings. The van der Waals surface area contributed by atoms with Crippen LogP contribution in [0.4, 0.5) is 4.39 Å². The molecule has 1 aliphatic carbocycles. The van der Waals surface area contributed by atoms with E-state index < -0.39 is 0 Å². The van der Waals surface area contributed by atoms with Gasteiger partial charge in [-0.3, -0.25) is 4.98 Å². The number of benzene rings is 1. The van der Waals surface area contributed by atoms with Gasteiger partial charge < -0.3 is 9.88 Å². The van der Waals surface area contributed by atoms with Crippen LogP contribution in [-0.4, -0.2) is 27.6 Å². The Labute approximate surface area is 165 Å². The van der Waals surface area contributed by atoms with Crippen molar-refractivity contribution in [2.45, 2.75) is 64.3 Å². The van der Waals surface area contributed by atoms with Crippen LogP contribution in [0.2, 0.25) is 0 Å². The van der Waals surface area contributed by atoms with Gasteiger partial charge in [0.05, 0.1) is 16.7 Å². The van der Waals surface area contributed by atoms with Gasteiger partial charge >= 0.3 is 0 Å². The minimum atomic E-state index is -0.226. The van der Waals surface area contributed by atoms with Gasteiger partial charge in [-0.25, -0.2) is 9.37 Å². The summed E-state index contributed by atoms with van der Waals surface area (Å²) >= 11 is 0. The van der Waals surface area contributed by atoms with E-state index >= 15 is 0 Å². The van der Waals surface area contributed by atoms with Crippen molar-refractivity contribution in [1.82, 2.24) is 19.9 Å². The van der Waals surface area contributed by atoms with Crippen LogP contribution in [0.3, 0.4) is 0 Å². The minimum Gasteiger partial charge on any atom is -0.327 e. The number of halogens is 1. The molecular weight excluding hydrogens is 351 g/mol. The molecule has 1 aliphatic heterocycles. The Morgan fingerprint density at radius 2 is 1.89 bits per heavy atom. The number of pyridine rings is 1. The van der Waals surface area contributed by atoms with Crippen molar-refractivity contribution in [1.29, 1.82) is 0 Å². The van der Waals surface area contributed by atoms with Crippen molar-refractivity contribution in [3.05, 3.63) is 35.5 Å². The number of hydrogen-bond donors (Lipinski definition) is 1. The Balaban J connectivity index is 1.64. The first-order valence-corrected chi connectivity index (χ1v) is 10.9. The molecule has 28 heavy (non-hydrogen) atoms. The van der Waals surface area contributed by atoms with E-state index in [-0.39, 0.29) is 5.82 Å². The summed E-state index contributed by atoms with van der Waals surface area (Å²) in [7, 11) is 0. The molecule has 1 saturated heterocycles. The highest BCUT2D eigenvalue weighted by atomic mass is 19.1. The van der Waals surface area contributed by atoms with Crippen molar-refractivity contribution in [2.75, 3.05) is 13.1 Å². The molecule has 2 aromatic heterocycles. The van der Waals surface area contributed by atoms with E-state index in [2.05, 4.69) is 14.9 Å². The Kier molecular flexibility index (Phi) is 4.79. The third kappa shape index (κ3) is 3.20. The van der Waals surface area contributed by atoms with Crippen molar-refractivity contribution in [2.24, 2.45) is 5.92 Å². The molecule has 2 aliphatic rings. The van der Waals surface area contributed by atoms with Crippen molar-refractivity contribution in [3.8, 4) is 0 Å². The number of aromatic nitrogens is 3. The van der Waals surface area contributed by atoms with Gasteiger partial charge in [-0.05, 0) is 70.2 Å². The number of rotatable bonds is 4. The van der Waals surface area contributed by atoms with E-state index in [4.69, 9.17) is 4.98 Å². The molecule has 0 atom stereocenters. The number of piperidine rings is 1. The summed E-state index contributed by atoms with van der Waals surface area (Å²) in [6, 6.07) is 5.00. The summed E-state index contributed by atoms with van der Waals surface area (Å²) in [5.74, 6) is 2.34. The predicted molar refractivity (Wildman–Crippen MR) is 111 cm³/mol. The SMILES string of the molecule is Cc1nc2cc(F)ccc2c2c1nc(C1CCCC1)n2CCC1CCNCC1. The summed E-state index contributed by atoms with van der Waals surface area (Å²) in [6.45, 7) is 5.28. The molecule has 3 heterocycles. The smallest absolute Gasteiger partial charge is 0.125 e. The van der Waals surface area contributed by atoms with Gasteiger partial charge in [-0.1, -0.05) is 12.8 Å². The van der Waals surface area contributed by atoms with Gasteiger partial charge in [0.25, 0.3) is 0 Å². The average molecular weight is 381 g/mol. The summed E-state index contributed by atoms with van der Waals surface area (Å²) < 4.78 is 16.3. The van der Waals surface area contributed by atoms with E-state index in [1.54, 1.807) is 12.1 Å². The fourth-order valence-electron chi connectivity index (χ4n) is 5.23. The van der Waals surface area contributed by atoms with Crippen LogP contribution in [0.25, 0.3) is 21.9 Å². The average Bonchev–Trinajstić information content (AvgIpc) is 3.35. The van der Waals surface area contributed by atoms with Gasteiger partial charge in [-0.2, -0.15) is 0 Å². The summed E-state index contributed by atoms with van der Waals surface area (Å²) in [5.41, 5.74) is 3.82. The summed E-state index contributed by atoms with van der Waals surface area (Å²) in [5, 5.41) is 4.50. The lowest BCUT2D eigenvalue weighted by atomic mass is 9.94. The zero-order valence-electron chi connectivity index (χ0n) is 16.7. The molecule has 0 bridgehead atoms. The fraction of sp³-hybridized carbons (Fsp3) is 0.565. The monoisotopic (exact) mass is 380 g/mol. The first-order valence-electron chi connectivity index (χ1n) is 10.9. The minimum absolute atomic E-state index is 0.226. The molecule has 0 unspecified atom stereocenters. The number of imidazole rings is 1. The Morgan fingerprint density at radius 1 is 1.11 bits per heavy atom. The molecule has 5 heteroatoms. The van der Waals surface area contributed by atoms with Crippen LogP contribution in [0.5, 0.6) is 0 Å². The van der Waals surface area contributed by atoms with Crippen LogP contribution in [0.1, 0.15) is 62.4 Å². The standard InChI is InChI=1S/C23H29FN4/c1-15-21-22(19-7-6-18(24)14-20(19)26-15)28(13-10-16-8-11-25-12-9-16)23(27-21)17-4-2-3-5-17/h6-7,14,16-17,25H,2-5,8-13H2,1H3. The predicted octanol–water partition coefficient (Wildman–Crippen LogP) is 5.08. The highest BCUT2D eigenvalue weighted by Gasteiger charge is 2.26. The second-order valence-corrected chi connectivity index (χ2v) is 8.64. The molecule has 0 radical (unpaired) electrons. The van der Waals surface area contributed by atoms with Crippen LogP contribution in [-0.2, 0) is 6.54 Å². The largest absolute Gasteiger partial charge is 0.327 e. The third-order valence-corrected chi connectivity index (χ3v) is 6.78. The lowest BCUT2D eigenvalue weighted by molar-refractivity contribution is 0.336. The molecule has 0 spiro atoms. The van der Waals surface area contributed by atoms with Gasteiger partial charge in [-0.15, -0.1) is 0 Å². The lowest BCUT2D eigenvalue weighted by Gasteiger charge is -2.23. The molecule has 1 aromatic carbocycles. The summed E-state index contributed by atoms with van der Waals surface area (Å²) in [4.78, 5) is 9.80. The maximum atomic E-state index is 13.8. The normalized spacial score (nSPS) is 19.2. The second-order valence-electron chi connectivity index (χ2n) is 8.64. The van der Waals surface area contributed by atoms with Crippen LogP contribution in [0, 0.1) is 18.7 Å². The molecule has 4 nitrogen and oxygen atoms in total. The van der Waals surface area contributed by atoms with Crippen molar-refractivity contribution >= 4 is 21.9 Å². The van der Waals surface area contributed by atoms with E-state index in [1.807, 2.05) is 13.0 Å². The van der Waals surface area contributed by atoms with Gasteiger partial charge in [0.1, 0.15) is 17.2 Å². The van der Waals surface area contributed by atoms with Gasteiger partial charge in [0.15, 0.2) is 0 Å². The maximum Gasteiger partial charge on any atom is 0.125 e. The number of hydrogen-bond acceptors (Lipinski definition) is 3. The molecular formula is C23H29FN4. The van der Waals surface area contributed by atoms with Gasteiger partial charge in [0, 0.05) is 23.9 Å².